The number of piperidine rings is 1. The van der Waals surface area contributed by atoms with Crippen molar-refractivity contribution in [1.82, 2.24) is 9.88 Å². The summed E-state index contributed by atoms with van der Waals surface area (Å²) in [6.45, 7) is 2.02. The first kappa shape index (κ1) is 20.5. The van der Waals surface area contributed by atoms with Crippen molar-refractivity contribution in [2.45, 2.75) is 35.8 Å². The van der Waals surface area contributed by atoms with E-state index in [0.717, 1.165) is 17.8 Å². The highest BCUT2D eigenvalue weighted by Gasteiger charge is 2.48. The molecule has 1 saturated heterocycles. The van der Waals surface area contributed by atoms with Crippen LogP contribution >= 0.6 is 0 Å². The molecule has 0 saturated carbocycles. The first-order valence-electron chi connectivity index (χ1n) is 8.66. The van der Waals surface area contributed by atoms with Gasteiger partial charge in [0.2, 0.25) is 0 Å². The molecule has 5 nitrogen and oxygen atoms in total. The molecule has 1 aliphatic heterocycles. The van der Waals surface area contributed by atoms with E-state index in [1.165, 1.54) is 0 Å². The molecule has 0 atom stereocenters. The van der Waals surface area contributed by atoms with E-state index >= 15 is 0 Å². The van der Waals surface area contributed by atoms with Crippen LogP contribution in [0.4, 0.5) is 23.2 Å². The molecule has 0 unspecified atom stereocenters. The third kappa shape index (κ3) is 4.61. The van der Waals surface area contributed by atoms with Gasteiger partial charge in [-0.3, -0.25) is 9.88 Å². The van der Waals surface area contributed by atoms with E-state index in [4.69, 9.17) is 0 Å². The number of anilines is 1. The molecule has 0 amide bonds. The zero-order valence-electron chi connectivity index (χ0n) is 14.8. The fourth-order valence-corrected chi connectivity index (χ4v) is 4.07. The lowest BCUT2D eigenvalue weighted by molar-refractivity contribution is -0.0435. The Morgan fingerprint density at radius 2 is 1.86 bits per heavy atom. The topological polar surface area (TPSA) is 62.3 Å². The normalized spacial score (nSPS) is 16.9. The number of halogens is 4. The summed E-state index contributed by atoms with van der Waals surface area (Å²) in [6.07, 6.45) is 2.92. The van der Waals surface area contributed by atoms with Gasteiger partial charge in [-0.05, 0) is 43.2 Å². The van der Waals surface area contributed by atoms with Gasteiger partial charge in [0.15, 0.2) is 0 Å². The van der Waals surface area contributed by atoms with Crippen molar-refractivity contribution in [3.8, 4) is 0 Å². The Balaban J connectivity index is 1.69. The second-order valence-electron chi connectivity index (χ2n) is 6.61. The number of hydrogen-bond donors (Lipinski definition) is 1. The SMILES string of the molecule is O=S(=O)(c1cc(F)ccc1NC1CCN(Cc2ccccn2)CC1)C(F)(F)F. The monoisotopic (exact) mass is 417 g/mol. The van der Waals surface area contributed by atoms with E-state index in [-0.39, 0.29) is 11.7 Å². The number of aromatic nitrogens is 1. The van der Waals surface area contributed by atoms with Gasteiger partial charge in [-0.15, -0.1) is 0 Å². The molecule has 10 heteroatoms. The molecular weight excluding hydrogens is 398 g/mol. The molecule has 2 aromatic rings. The van der Waals surface area contributed by atoms with E-state index in [1.54, 1.807) is 6.20 Å². The Hall–Kier alpha value is -2.20. The van der Waals surface area contributed by atoms with Crippen LogP contribution < -0.4 is 5.32 Å². The molecule has 1 aromatic heterocycles. The summed E-state index contributed by atoms with van der Waals surface area (Å²) in [4.78, 5) is 5.34. The standard InChI is InChI=1S/C18H19F4N3O2S/c19-13-4-5-16(17(11-13)28(26,27)18(20,21)22)24-14-6-9-25(10-7-14)12-15-3-1-2-8-23-15/h1-5,8,11,14,24H,6-7,9-10,12H2. The smallest absolute Gasteiger partial charge is 0.381 e. The molecule has 28 heavy (non-hydrogen) atoms. The van der Waals surface area contributed by atoms with Crippen LogP contribution in [0.2, 0.25) is 0 Å². The van der Waals surface area contributed by atoms with Crippen LogP contribution in [0.3, 0.4) is 0 Å². The lowest BCUT2D eigenvalue weighted by Gasteiger charge is -2.33. The summed E-state index contributed by atoms with van der Waals surface area (Å²) in [5.74, 6) is -1.04. The van der Waals surface area contributed by atoms with E-state index in [2.05, 4.69) is 15.2 Å². The predicted octanol–water partition coefficient (Wildman–Crippen LogP) is 3.59. The van der Waals surface area contributed by atoms with Crippen molar-refractivity contribution in [3.05, 3.63) is 54.1 Å². The Morgan fingerprint density at radius 3 is 2.46 bits per heavy atom. The van der Waals surface area contributed by atoms with Gasteiger partial charge in [-0.25, -0.2) is 12.8 Å². The Labute approximate surface area is 160 Å². The second-order valence-corrected chi connectivity index (χ2v) is 8.52. The molecule has 1 N–H and O–H groups in total. The minimum absolute atomic E-state index is 0.215. The van der Waals surface area contributed by atoms with Crippen LogP contribution in [0.1, 0.15) is 18.5 Å². The maximum Gasteiger partial charge on any atom is 0.501 e. The number of hydrogen-bond acceptors (Lipinski definition) is 5. The lowest BCUT2D eigenvalue weighted by Crippen LogP contribution is -2.39. The molecule has 1 aromatic carbocycles. The van der Waals surface area contributed by atoms with Gasteiger partial charge >= 0.3 is 5.51 Å². The van der Waals surface area contributed by atoms with Crippen molar-refractivity contribution in [1.29, 1.82) is 0 Å². The van der Waals surface area contributed by atoms with E-state index in [9.17, 15) is 26.0 Å². The van der Waals surface area contributed by atoms with Crippen LogP contribution in [0, 0.1) is 5.82 Å². The molecule has 0 radical (unpaired) electrons. The Morgan fingerprint density at radius 1 is 1.14 bits per heavy atom. The van der Waals surface area contributed by atoms with Gasteiger partial charge in [-0.2, -0.15) is 13.2 Å². The zero-order chi connectivity index (χ0) is 20.4. The van der Waals surface area contributed by atoms with Crippen LogP contribution in [-0.2, 0) is 16.4 Å². The van der Waals surface area contributed by atoms with Gasteiger partial charge < -0.3 is 5.32 Å². The Bertz CT molecular complexity index is 912. The Kier molecular flexibility index (Phi) is 5.90. The number of alkyl halides is 3. The van der Waals surface area contributed by atoms with Crippen LogP contribution in [0.25, 0.3) is 0 Å². The van der Waals surface area contributed by atoms with Crippen molar-refractivity contribution >= 4 is 15.5 Å². The molecule has 0 spiro atoms. The van der Waals surface area contributed by atoms with Crippen LogP contribution in [0.5, 0.6) is 0 Å². The third-order valence-corrected chi connectivity index (χ3v) is 6.12. The lowest BCUT2D eigenvalue weighted by atomic mass is 10.0. The van der Waals surface area contributed by atoms with Crippen molar-refractivity contribution < 1.29 is 26.0 Å². The van der Waals surface area contributed by atoms with Gasteiger partial charge in [0.05, 0.1) is 11.4 Å². The number of pyridine rings is 1. The van der Waals surface area contributed by atoms with Gasteiger partial charge in [0, 0.05) is 31.9 Å². The maximum atomic E-state index is 13.4. The first-order valence-corrected chi connectivity index (χ1v) is 10.1. The summed E-state index contributed by atoms with van der Waals surface area (Å²) in [5, 5.41) is 2.85. The quantitative estimate of drug-likeness (QED) is 0.754. The summed E-state index contributed by atoms with van der Waals surface area (Å²) in [6, 6.07) is 7.80. The summed E-state index contributed by atoms with van der Waals surface area (Å²) in [5.41, 5.74) is -4.81. The molecule has 152 valence electrons. The molecule has 1 aliphatic rings. The highest BCUT2D eigenvalue weighted by molar-refractivity contribution is 7.92. The van der Waals surface area contributed by atoms with Crippen LogP contribution in [-0.4, -0.2) is 42.9 Å². The maximum absolute atomic E-state index is 13.4. The minimum Gasteiger partial charge on any atom is -0.381 e. The highest BCUT2D eigenvalue weighted by atomic mass is 32.2. The van der Waals surface area contributed by atoms with Crippen molar-refractivity contribution in [2.24, 2.45) is 0 Å². The average Bonchev–Trinajstić information content (AvgIpc) is 2.64. The fourth-order valence-electron chi connectivity index (χ4n) is 3.14. The summed E-state index contributed by atoms with van der Waals surface area (Å²) in [7, 11) is -5.65. The second kappa shape index (κ2) is 8.04. The van der Waals surface area contributed by atoms with Gasteiger partial charge in [0.25, 0.3) is 9.84 Å². The molecular formula is C18H19F4N3O2S. The molecule has 0 bridgehead atoms. The number of nitrogens with one attached hydrogen (secondary N) is 1. The van der Waals surface area contributed by atoms with Gasteiger partial charge in [-0.1, -0.05) is 6.07 Å². The number of rotatable bonds is 5. The van der Waals surface area contributed by atoms with Crippen molar-refractivity contribution in [3.63, 3.8) is 0 Å². The van der Waals surface area contributed by atoms with Crippen molar-refractivity contribution in [2.75, 3.05) is 18.4 Å². The highest BCUT2D eigenvalue weighted by Crippen LogP contribution is 2.35. The third-order valence-electron chi connectivity index (χ3n) is 4.60. The number of benzene rings is 1. The molecule has 1 fully saturated rings. The summed E-state index contributed by atoms with van der Waals surface area (Å²) < 4.78 is 75.7. The van der Waals surface area contributed by atoms with E-state index in [1.807, 2.05) is 18.2 Å². The largest absolute Gasteiger partial charge is 0.501 e. The van der Waals surface area contributed by atoms with E-state index < -0.39 is 26.1 Å². The number of likely N-dealkylation sites (tertiary alicyclic amines) is 1. The van der Waals surface area contributed by atoms with Crippen LogP contribution in [0.15, 0.2) is 47.5 Å². The molecule has 0 aliphatic carbocycles. The summed E-state index contributed by atoms with van der Waals surface area (Å²) >= 11 is 0. The number of sulfone groups is 1. The van der Waals surface area contributed by atoms with E-state index in [0.29, 0.717) is 38.5 Å². The predicted molar refractivity (Wildman–Crippen MR) is 95.8 cm³/mol. The number of nitrogens with zero attached hydrogens (tertiary/aromatic N) is 2. The first-order chi connectivity index (χ1) is 13.2. The zero-order valence-corrected chi connectivity index (χ0v) is 15.6. The minimum atomic E-state index is -5.65. The molecule has 3 rings (SSSR count). The fraction of sp³-hybridized carbons (Fsp3) is 0.389. The molecule has 2 heterocycles. The average molecular weight is 417 g/mol. The van der Waals surface area contributed by atoms with Gasteiger partial charge in [0.1, 0.15) is 10.7 Å².